The third-order valence-electron chi connectivity index (χ3n) is 2.29. The number of anilines is 1. The van der Waals surface area contributed by atoms with Gasteiger partial charge in [-0.1, -0.05) is 12.1 Å². The van der Waals surface area contributed by atoms with Crippen LogP contribution in [0.4, 0.5) is 5.69 Å². The molecule has 0 fully saturated rings. The Balaban J connectivity index is 2.00. The van der Waals surface area contributed by atoms with Gasteiger partial charge >= 0.3 is 5.97 Å². The third-order valence-corrected chi connectivity index (χ3v) is 2.29. The van der Waals surface area contributed by atoms with Gasteiger partial charge in [-0.25, -0.2) is 9.48 Å². The minimum absolute atomic E-state index is 0.00218. The Morgan fingerprint density at radius 2 is 2.25 bits per heavy atom. The zero-order valence-corrected chi connectivity index (χ0v) is 10.3. The molecule has 0 aliphatic carbocycles. The first kappa shape index (κ1) is 13.4. The van der Waals surface area contributed by atoms with Crippen molar-refractivity contribution in [1.82, 2.24) is 20.2 Å². The Morgan fingerprint density at radius 1 is 1.40 bits per heavy atom. The zero-order chi connectivity index (χ0) is 14.4. The summed E-state index contributed by atoms with van der Waals surface area (Å²) in [5.41, 5.74) is 1.24. The van der Waals surface area contributed by atoms with E-state index >= 15 is 0 Å². The number of aromatic nitrogens is 4. The van der Waals surface area contributed by atoms with Crippen LogP contribution in [0.25, 0.3) is 6.08 Å². The van der Waals surface area contributed by atoms with E-state index in [-0.39, 0.29) is 12.5 Å². The Morgan fingerprint density at radius 3 is 2.95 bits per heavy atom. The molecular formula is C12H11N5O3. The summed E-state index contributed by atoms with van der Waals surface area (Å²) in [4.78, 5) is 22.2. The number of hydrogen-bond donors (Lipinski definition) is 2. The fourth-order valence-corrected chi connectivity index (χ4v) is 1.49. The van der Waals surface area contributed by atoms with Gasteiger partial charge in [0.1, 0.15) is 12.9 Å². The third kappa shape index (κ3) is 4.02. The van der Waals surface area contributed by atoms with Crippen LogP contribution in [0.3, 0.4) is 0 Å². The van der Waals surface area contributed by atoms with E-state index < -0.39 is 5.97 Å². The van der Waals surface area contributed by atoms with Crippen molar-refractivity contribution in [2.45, 2.75) is 6.54 Å². The van der Waals surface area contributed by atoms with Crippen LogP contribution < -0.4 is 5.32 Å². The maximum absolute atomic E-state index is 11.7. The largest absolute Gasteiger partial charge is 0.478 e. The smallest absolute Gasteiger partial charge is 0.328 e. The number of nitrogens with zero attached hydrogens (tertiary/aromatic N) is 4. The summed E-state index contributed by atoms with van der Waals surface area (Å²) in [7, 11) is 0. The van der Waals surface area contributed by atoms with Crippen molar-refractivity contribution in [2.24, 2.45) is 0 Å². The average molecular weight is 273 g/mol. The molecule has 0 atom stereocenters. The molecule has 0 spiro atoms. The highest BCUT2D eigenvalue weighted by atomic mass is 16.4. The summed E-state index contributed by atoms with van der Waals surface area (Å²) in [5, 5.41) is 21.7. The Bertz CT molecular complexity index is 636. The number of carboxylic acids is 1. The highest BCUT2D eigenvalue weighted by Gasteiger charge is 2.04. The highest BCUT2D eigenvalue weighted by Crippen LogP contribution is 2.12. The predicted octanol–water partition coefficient (Wildman–Crippen LogP) is 0.410. The lowest BCUT2D eigenvalue weighted by Gasteiger charge is -2.05. The molecule has 0 bridgehead atoms. The van der Waals surface area contributed by atoms with Crippen LogP contribution >= 0.6 is 0 Å². The lowest BCUT2D eigenvalue weighted by atomic mass is 10.2. The Hall–Kier alpha value is -3.03. The minimum Gasteiger partial charge on any atom is -0.478 e. The molecule has 20 heavy (non-hydrogen) atoms. The van der Waals surface area contributed by atoms with Crippen LogP contribution in [-0.2, 0) is 16.1 Å². The fourth-order valence-electron chi connectivity index (χ4n) is 1.49. The summed E-state index contributed by atoms with van der Waals surface area (Å²) < 4.78 is 1.30. The van der Waals surface area contributed by atoms with E-state index in [9.17, 15) is 9.59 Å². The number of amides is 1. The summed E-state index contributed by atoms with van der Waals surface area (Å²) in [5.74, 6) is -1.31. The number of benzene rings is 1. The van der Waals surface area contributed by atoms with Gasteiger partial charge in [0.25, 0.3) is 0 Å². The van der Waals surface area contributed by atoms with Gasteiger partial charge in [0.15, 0.2) is 0 Å². The first-order valence-corrected chi connectivity index (χ1v) is 5.65. The van der Waals surface area contributed by atoms with E-state index in [1.165, 1.54) is 17.1 Å². The molecule has 1 aromatic heterocycles. The van der Waals surface area contributed by atoms with Crippen molar-refractivity contribution in [2.75, 3.05) is 5.32 Å². The predicted molar refractivity (Wildman–Crippen MR) is 69.6 cm³/mol. The van der Waals surface area contributed by atoms with Gasteiger partial charge in [-0.15, -0.1) is 5.10 Å². The molecule has 1 heterocycles. The standard InChI is InChI=1S/C12H11N5O3/c18-11(7-17-8-13-15-16-17)14-10-3-1-2-9(6-10)4-5-12(19)20/h1-6,8H,7H2,(H,14,18)(H,19,20)/b5-4+. The molecule has 1 aromatic carbocycles. The summed E-state index contributed by atoms with van der Waals surface area (Å²) >= 11 is 0. The first-order valence-electron chi connectivity index (χ1n) is 5.65. The maximum atomic E-state index is 11.7. The number of tetrazole rings is 1. The van der Waals surface area contributed by atoms with E-state index in [4.69, 9.17) is 5.11 Å². The molecule has 102 valence electrons. The zero-order valence-electron chi connectivity index (χ0n) is 10.3. The lowest BCUT2D eigenvalue weighted by Crippen LogP contribution is -2.19. The molecule has 8 heteroatoms. The monoisotopic (exact) mass is 273 g/mol. The molecule has 0 unspecified atom stereocenters. The molecule has 2 N–H and O–H groups in total. The van der Waals surface area contributed by atoms with Crippen LogP contribution in [0, 0.1) is 0 Å². The second-order valence-corrected chi connectivity index (χ2v) is 3.85. The number of aliphatic carboxylic acids is 1. The minimum atomic E-state index is -1.03. The van der Waals surface area contributed by atoms with Crippen molar-refractivity contribution in [3.8, 4) is 0 Å². The van der Waals surface area contributed by atoms with Crippen molar-refractivity contribution in [3.63, 3.8) is 0 Å². The van der Waals surface area contributed by atoms with E-state index in [1.54, 1.807) is 24.3 Å². The van der Waals surface area contributed by atoms with Gasteiger partial charge < -0.3 is 10.4 Å². The van der Waals surface area contributed by atoms with Crippen LogP contribution in [-0.4, -0.2) is 37.2 Å². The summed E-state index contributed by atoms with van der Waals surface area (Å²) in [6.45, 7) is 0.00218. The Labute approximate surface area is 113 Å². The molecule has 8 nitrogen and oxygen atoms in total. The van der Waals surface area contributed by atoms with Gasteiger partial charge in [0.05, 0.1) is 0 Å². The van der Waals surface area contributed by atoms with Gasteiger partial charge in [-0.2, -0.15) is 0 Å². The Kier molecular flexibility index (Phi) is 4.17. The molecule has 1 amide bonds. The molecule has 2 rings (SSSR count). The number of hydrogen-bond acceptors (Lipinski definition) is 5. The first-order chi connectivity index (χ1) is 9.63. The van der Waals surface area contributed by atoms with E-state index in [0.717, 1.165) is 6.08 Å². The lowest BCUT2D eigenvalue weighted by molar-refractivity contribution is -0.131. The molecule has 2 aromatic rings. The van der Waals surface area contributed by atoms with Crippen molar-refractivity contribution >= 4 is 23.6 Å². The van der Waals surface area contributed by atoms with Gasteiger partial charge in [-0.05, 0) is 34.2 Å². The van der Waals surface area contributed by atoms with Gasteiger partial charge in [0.2, 0.25) is 5.91 Å². The second-order valence-electron chi connectivity index (χ2n) is 3.85. The SMILES string of the molecule is O=C(O)/C=C/c1cccc(NC(=O)Cn2cnnn2)c1. The van der Waals surface area contributed by atoms with Crippen molar-refractivity contribution < 1.29 is 14.7 Å². The number of carboxylic acid groups (broad SMARTS) is 1. The van der Waals surface area contributed by atoms with Crippen LogP contribution in [0.15, 0.2) is 36.7 Å². The molecule has 0 radical (unpaired) electrons. The summed E-state index contributed by atoms with van der Waals surface area (Å²) in [6.07, 6.45) is 3.81. The maximum Gasteiger partial charge on any atom is 0.328 e. The van der Waals surface area contributed by atoms with E-state index in [2.05, 4.69) is 20.8 Å². The molecule has 0 saturated carbocycles. The number of carbonyl (C=O) groups excluding carboxylic acids is 1. The summed E-state index contributed by atoms with van der Waals surface area (Å²) in [6, 6.07) is 6.82. The fraction of sp³-hybridized carbons (Fsp3) is 0.0833. The number of nitrogens with one attached hydrogen (secondary N) is 1. The molecule has 0 saturated heterocycles. The molecular weight excluding hydrogens is 262 g/mol. The second kappa shape index (κ2) is 6.23. The normalized spacial score (nSPS) is 10.6. The van der Waals surface area contributed by atoms with Crippen LogP contribution in [0.2, 0.25) is 0 Å². The van der Waals surface area contributed by atoms with E-state index in [0.29, 0.717) is 11.3 Å². The number of carbonyl (C=O) groups is 2. The highest BCUT2D eigenvalue weighted by molar-refractivity contribution is 5.91. The average Bonchev–Trinajstić information content (AvgIpc) is 2.89. The molecule has 0 aliphatic heterocycles. The number of rotatable bonds is 5. The van der Waals surface area contributed by atoms with Gasteiger partial charge in [-0.3, -0.25) is 4.79 Å². The quantitative estimate of drug-likeness (QED) is 0.763. The van der Waals surface area contributed by atoms with Gasteiger partial charge in [0, 0.05) is 11.8 Å². The van der Waals surface area contributed by atoms with Crippen LogP contribution in [0.1, 0.15) is 5.56 Å². The van der Waals surface area contributed by atoms with Crippen molar-refractivity contribution in [1.29, 1.82) is 0 Å². The molecule has 0 aliphatic rings. The van der Waals surface area contributed by atoms with Crippen molar-refractivity contribution in [3.05, 3.63) is 42.2 Å². The topological polar surface area (TPSA) is 110 Å². The van der Waals surface area contributed by atoms with E-state index in [1.807, 2.05) is 0 Å². The van der Waals surface area contributed by atoms with Crippen LogP contribution in [0.5, 0.6) is 0 Å².